The molecule has 27 heavy (non-hydrogen) atoms. The lowest BCUT2D eigenvalue weighted by atomic mass is 10.1. The predicted molar refractivity (Wildman–Crippen MR) is 110 cm³/mol. The first kappa shape index (κ1) is 20.6. The SMILES string of the molecule is CCN(c1ccc(C(=O)NCCc2cc(OC)ccc2OC)cc1)C(C)C. The molecule has 146 valence electrons. The van der Waals surface area contributed by atoms with Gasteiger partial charge in [-0.2, -0.15) is 0 Å². The number of carbonyl (C=O) groups excluding carboxylic acids is 1. The second-order valence-corrected chi connectivity index (χ2v) is 6.61. The summed E-state index contributed by atoms with van der Waals surface area (Å²) in [6.45, 7) is 7.92. The van der Waals surface area contributed by atoms with Gasteiger partial charge in [-0.3, -0.25) is 4.79 Å². The third-order valence-electron chi connectivity index (χ3n) is 4.59. The van der Waals surface area contributed by atoms with Crippen LogP contribution in [0.15, 0.2) is 42.5 Å². The molecule has 2 rings (SSSR count). The van der Waals surface area contributed by atoms with Crippen molar-refractivity contribution in [1.29, 1.82) is 0 Å². The molecule has 0 heterocycles. The largest absolute Gasteiger partial charge is 0.497 e. The van der Waals surface area contributed by atoms with Gasteiger partial charge in [0.1, 0.15) is 11.5 Å². The quantitative estimate of drug-likeness (QED) is 0.727. The van der Waals surface area contributed by atoms with Crippen molar-refractivity contribution in [3.63, 3.8) is 0 Å². The summed E-state index contributed by atoms with van der Waals surface area (Å²) in [5.41, 5.74) is 2.80. The first-order chi connectivity index (χ1) is 13.0. The van der Waals surface area contributed by atoms with E-state index in [1.165, 1.54) is 0 Å². The summed E-state index contributed by atoms with van der Waals surface area (Å²) < 4.78 is 10.6. The van der Waals surface area contributed by atoms with Gasteiger partial charge in [0.15, 0.2) is 0 Å². The molecule has 0 aliphatic heterocycles. The molecule has 0 aliphatic carbocycles. The van der Waals surface area contributed by atoms with Crippen LogP contribution in [0.4, 0.5) is 5.69 Å². The van der Waals surface area contributed by atoms with Gasteiger partial charge in [-0.25, -0.2) is 0 Å². The monoisotopic (exact) mass is 370 g/mol. The molecule has 5 heteroatoms. The van der Waals surface area contributed by atoms with Gasteiger partial charge in [-0.1, -0.05) is 0 Å². The molecule has 0 fully saturated rings. The normalized spacial score (nSPS) is 10.6. The first-order valence-corrected chi connectivity index (χ1v) is 9.36. The minimum absolute atomic E-state index is 0.0731. The molecule has 2 aromatic carbocycles. The van der Waals surface area contributed by atoms with Crippen molar-refractivity contribution in [3.05, 3.63) is 53.6 Å². The van der Waals surface area contributed by atoms with Crippen LogP contribution in [0, 0.1) is 0 Å². The molecule has 5 nitrogen and oxygen atoms in total. The van der Waals surface area contributed by atoms with Gasteiger partial charge in [0.25, 0.3) is 5.91 Å². The van der Waals surface area contributed by atoms with Crippen LogP contribution >= 0.6 is 0 Å². The number of rotatable bonds is 9. The molecule has 0 atom stereocenters. The summed E-state index contributed by atoms with van der Waals surface area (Å²) >= 11 is 0. The van der Waals surface area contributed by atoms with E-state index in [1.807, 2.05) is 42.5 Å². The number of anilines is 1. The molecule has 0 aliphatic rings. The van der Waals surface area contributed by atoms with E-state index >= 15 is 0 Å². The number of methoxy groups -OCH3 is 2. The minimum atomic E-state index is -0.0731. The average Bonchev–Trinajstić information content (AvgIpc) is 2.68. The van der Waals surface area contributed by atoms with E-state index in [9.17, 15) is 4.79 Å². The summed E-state index contributed by atoms with van der Waals surface area (Å²) in [6, 6.07) is 13.9. The fourth-order valence-electron chi connectivity index (χ4n) is 3.14. The number of carbonyl (C=O) groups is 1. The standard InChI is InChI=1S/C22H30N2O3/c1-6-24(16(2)3)19-9-7-17(8-10-19)22(25)23-14-13-18-15-20(26-4)11-12-21(18)27-5/h7-12,15-16H,6,13-14H2,1-5H3,(H,23,25). The summed E-state index contributed by atoms with van der Waals surface area (Å²) in [5.74, 6) is 1.50. The van der Waals surface area contributed by atoms with Gasteiger partial charge in [-0.15, -0.1) is 0 Å². The number of hydrogen-bond acceptors (Lipinski definition) is 4. The molecular weight excluding hydrogens is 340 g/mol. The van der Waals surface area contributed by atoms with Crippen LogP contribution in [0.3, 0.4) is 0 Å². The maximum absolute atomic E-state index is 12.4. The lowest BCUT2D eigenvalue weighted by Gasteiger charge is -2.27. The van der Waals surface area contributed by atoms with Crippen LogP contribution in [0.5, 0.6) is 11.5 Å². The molecule has 0 saturated heterocycles. The molecule has 0 spiro atoms. The zero-order valence-corrected chi connectivity index (χ0v) is 16.9. The van der Waals surface area contributed by atoms with Gasteiger partial charge in [0.2, 0.25) is 0 Å². The van der Waals surface area contributed by atoms with Crippen LogP contribution in [0.2, 0.25) is 0 Å². The highest BCUT2D eigenvalue weighted by atomic mass is 16.5. The number of ether oxygens (including phenoxy) is 2. The number of hydrogen-bond donors (Lipinski definition) is 1. The van der Waals surface area contributed by atoms with Gasteiger partial charge < -0.3 is 19.7 Å². The van der Waals surface area contributed by atoms with Crippen molar-refractivity contribution < 1.29 is 14.3 Å². The molecule has 1 N–H and O–H groups in total. The summed E-state index contributed by atoms with van der Waals surface area (Å²) in [4.78, 5) is 14.7. The smallest absolute Gasteiger partial charge is 0.251 e. The highest BCUT2D eigenvalue weighted by molar-refractivity contribution is 5.94. The van der Waals surface area contributed by atoms with Gasteiger partial charge in [-0.05, 0) is 75.2 Å². The van der Waals surface area contributed by atoms with E-state index in [1.54, 1.807) is 14.2 Å². The fourth-order valence-corrected chi connectivity index (χ4v) is 3.14. The maximum atomic E-state index is 12.4. The maximum Gasteiger partial charge on any atom is 0.251 e. The molecule has 0 bridgehead atoms. The predicted octanol–water partition coefficient (Wildman–Crippen LogP) is 3.91. The molecule has 2 aromatic rings. The summed E-state index contributed by atoms with van der Waals surface area (Å²) in [7, 11) is 3.28. The Labute approximate surface area is 162 Å². The second-order valence-electron chi connectivity index (χ2n) is 6.61. The molecular formula is C22H30N2O3. The Morgan fingerprint density at radius 1 is 1.07 bits per heavy atom. The van der Waals surface area contributed by atoms with Crippen molar-refractivity contribution in [3.8, 4) is 11.5 Å². The number of nitrogens with one attached hydrogen (secondary N) is 1. The van der Waals surface area contributed by atoms with Crippen molar-refractivity contribution >= 4 is 11.6 Å². The van der Waals surface area contributed by atoms with E-state index < -0.39 is 0 Å². The molecule has 0 saturated carbocycles. The Bertz CT molecular complexity index is 742. The van der Waals surface area contributed by atoms with Gasteiger partial charge >= 0.3 is 0 Å². The number of benzene rings is 2. The zero-order chi connectivity index (χ0) is 19.8. The lowest BCUT2D eigenvalue weighted by molar-refractivity contribution is 0.0954. The lowest BCUT2D eigenvalue weighted by Crippen LogP contribution is -2.30. The van der Waals surface area contributed by atoms with E-state index in [2.05, 4.69) is 31.0 Å². The Kier molecular flexibility index (Phi) is 7.53. The van der Waals surface area contributed by atoms with E-state index in [-0.39, 0.29) is 5.91 Å². The summed E-state index contributed by atoms with van der Waals surface area (Å²) in [5, 5.41) is 2.97. The van der Waals surface area contributed by atoms with Crippen LogP contribution in [-0.2, 0) is 6.42 Å². The molecule has 0 aromatic heterocycles. The zero-order valence-electron chi connectivity index (χ0n) is 16.9. The van der Waals surface area contributed by atoms with E-state index in [0.717, 1.165) is 29.3 Å². The van der Waals surface area contributed by atoms with Crippen LogP contribution in [0.25, 0.3) is 0 Å². The van der Waals surface area contributed by atoms with Crippen molar-refractivity contribution in [2.24, 2.45) is 0 Å². The van der Waals surface area contributed by atoms with Gasteiger partial charge in [0.05, 0.1) is 14.2 Å². The Balaban J connectivity index is 1.96. The third-order valence-corrected chi connectivity index (χ3v) is 4.59. The highest BCUT2D eigenvalue weighted by Gasteiger charge is 2.11. The number of amides is 1. The fraction of sp³-hybridized carbons (Fsp3) is 0.409. The number of nitrogens with zero attached hydrogens (tertiary/aromatic N) is 1. The van der Waals surface area contributed by atoms with Crippen LogP contribution in [-0.4, -0.2) is 39.3 Å². The first-order valence-electron chi connectivity index (χ1n) is 9.36. The Hall–Kier alpha value is -2.69. The second kappa shape index (κ2) is 9.86. The highest BCUT2D eigenvalue weighted by Crippen LogP contribution is 2.24. The van der Waals surface area contributed by atoms with Crippen molar-refractivity contribution in [1.82, 2.24) is 5.32 Å². The van der Waals surface area contributed by atoms with Crippen molar-refractivity contribution in [2.45, 2.75) is 33.2 Å². The third kappa shape index (κ3) is 5.39. The van der Waals surface area contributed by atoms with Gasteiger partial charge in [0, 0.05) is 30.4 Å². The molecule has 1 amide bonds. The minimum Gasteiger partial charge on any atom is -0.497 e. The average molecular weight is 370 g/mol. The summed E-state index contributed by atoms with van der Waals surface area (Å²) in [6.07, 6.45) is 0.668. The van der Waals surface area contributed by atoms with Crippen LogP contribution in [0.1, 0.15) is 36.7 Å². The molecule has 0 unspecified atom stereocenters. The van der Waals surface area contributed by atoms with Crippen molar-refractivity contribution in [2.75, 3.05) is 32.2 Å². The van der Waals surface area contributed by atoms with E-state index in [0.29, 0.717) is 24.6 Å². The van der Waals surface area contributed by atoms with Crippen LogP contribution < -0.4 is 19.7 Å². The Morgan fingerprint density at radius 2 is 1.78 bits per heavy atom. The Morgan fingerprint density at radius 3 is 2.33 bits per heavy atom. The topological polar surface area (TPSA) is 50.8 Å². The van der Waals surface area contributed by atoms with E-state index in [4.69, 9.17) is 9.47 Å². The molecule has 0 radical (unpaired) electrons.